The monoisotopic (exact) mass is 506 g/mol. The van der Waals surface area contributed by atoms with Crippen LogP contribution in [-0.4, -0.2) is 45.5 Å². The molecule has 0 unspecified atom stereocenters. The lowest BCUT2D eigenvalue weighted by Gasteiger charge is -2.27. The summed E-state index contributed by atoms with van der Waals surface area (Å²) >= 11 is 7.98. The zero-order valence-corrected chi connectivity index (χ0v) is 21.2. The molecular weight excluding hydrogens is 480 g/mol. The zero-order chi connectivity index (χ0) is 24.2. The first kappa shape index (κ1) is 23.7. The second-order valence-electron chi connectivity index (χ2n) is 8.56. The number of benzene rings is 2. The predicted octanol–water partition coefficient (Wildman–Crippen LogP) is 6.44. The number of rotatable bonds is 6. The minimum Gasteiger partial charge on any atom is -0.492 e. The molecule has 8 heteroatoms. The van der Waals surface area contributed by atoms with Crippen molar-refractivity contribution in [3.05, 3.63) is 70.2 Å². The first-order chi connectivity index (χ1) is 17.1. The molecule has 6 nitrogen and oxygen atoms in total. The highest BCUT2D eigenvalue weighted by atomic mass is 35.5. The van der Waals surface area contributed by atoms with Gasteiger partial charge in [0.05, 0.1) is 22.2 Å². The van der Waals surface area contributed by atoms with Crippen molar-refractivity contribution in [2.24, 2.45) is 4.99 Å². The number of aliphatic imine (C=N–C) groups is 1. The highest BCUT2D eigenvalue weighted by Gasteiger charge is 2.27. The molecule has 1 fully saturated rings. The third kappa shape index (κ3) is 5.31. The van der Waals surface area contributed by atoms with E-state index in [1.54, 1.807) is 0 Å². The van der Waals surface area contributed by atoms with Gasteiger partial charge in [-0.25, -0.2) is 4.68 Å². The van der Waals surface area contributed by atoms with Gasteiger partial charge in [-0.2, -0.15) is 10.1 Å². The molecule has 5 rings (SSSR count). The number of carbonyl (C=O) groups excluding carboxylic acids is 1. The summed E-state index contributed by atoms with van der Waals surface area (Å²) in [5, 5.41) is 6.20. The van der Waals surface area contributed by atoms with Crippen LogP contribution in [0.15, 0.2) is 64.6 Å². The number of aromatic nitrogens is 2. The molecule has 0 aliphatic carbocycles. The molecule has 2 aromatic carbocycles. The Hall–Kier alpha value is -3.03. The molecule has 180 valence electrons. The van der Waals surface area contributed by atoms with Crippen LogP contribution < -0.4 is 4.74 Å². The Morgan fingerprint density at radius 2 is 1.91 bits per heavy atom. The lowest BCUT2D eigenvalue weighted by Crippen LogP contribution is -2.33. The number of ether oxygens (including phenoxy) is 1. The first-order valence-electron chi connectivity index (χ1n) is 12.0. The maximum Gasteiger partial charge on any atom is 0.286 e. The molecule has 1 aromatic heterocycles. The summed E-state index contributed by atoms with van der Waals surface area (Å²) in [5.41, 5.74) is 3.36. The quantitative estimate of drug-likeness (QED) is 0.360. The van der Waals surface area contributed by atoms with E-state index in [2.05, 4.69) is 16.8 Å². The number of piperidine rings is 1. The van der Waals surface area contributed by atoms with Crippen LogP contribution in [0.3, 0.4) is 0 Å². The fraction of sp³-hybridized carbons (Fsp3) is 0.296. The lowest BCUT2D eigenvalue weighted by atomic mass is 10.1. The minimum absolute atomic E-state index is 0.199. The molecular formula is C27H27ClN4O2S. The van der Waals surface area contributed by atoms with Gasteiger partial charge in [0.1, 0.15) is 11.4 Å². The highest BCUT2D eigenvalue weighted by Crippen LogP contribution is 2.36. The first-order valence-corrected chi connectivity index (χ1v) is 13.2. The Labute approximate surface area is 214 Å². The molecule has 35 heavy (non-hydrogen) atoms. The molecule has 0 bridgehead atoms. The maximum atomic E-state index is 12.8. The number of likely N-dealkylation sites (tertiary alicyclic amines) is 1. The van der Waals surface area contributed by atoms with E-state index in [9.17, 15) is 4.79 Å². The second-order valence-corrected chi connectivity index (χ2v) is 9.98. The largest absolute Gasteiger partial charge is 0.492 e. The van der Waals surface area contributed by atoms with Gasteiger partial charge < -0.3 is 9.64 Å². The third-order valence-corrected chi connectivity index (χ3v) is 7.29. The molecule has 2 aliphatic heterocycles. The summed E-state index contributed by atoms with van der Waals surface area (Å²) < 4.78 is 7.56. The number of para-hydroxylation sites is 1. The van der Waals surface area contributed by atoms with Gasteiger partial charge in [0.15, 0.2) is 5.17 Å². The van der Waals surface area contributed by atoms with E-state index in [0.717, 1.165) is 60.0 Å². The van der Waals surface area contributed by atoms with Crippen molar-refractivity contribution < 1.29 is 9.53 Å². The number of nitrogens with zero attached hydrogens (tertiary/aromatic N) is 4. The molecule has 3 heterocycles. The van der Waals surface area contributed by atoms with Gasteiger partial charge in [-0.1, -0.05) is 36.7 Å². The normalized spacial score (nSPS) is 17.2. The Bertz CT molecular complexity index is 1280. The van der Waals surface area contributed by atoms with E-state index in [0.29, 0.717) is 22.3 Å². The van der Waals surface area contributed by atoms with Gasteiger partial charge in [0, 0.05) is 30.4 Å². The van der Waals surface area contributed by atoms with Gasteiger partial charge in [0.2, 0.25) is 0 Å². The van der Waals surface area contributed by atoms with Gasteiger partial charge in [-0.3, -0.25) is 4.79 Å². The van der Waals surface area contributed by atoms with Crippen LogP contribution in [0.25, 0.3) is 23.0 Å². The number of carbonyl (C=O) groups is 1. The third-order valence-electron chi connectivity index (χ3n) is 5.95. The second kappa shape index (κ2) is 10.7. The zero-order valence-electron chi connectivity index (χ0n) is 19.6. The Morgan fingerprint density at radius 1 is 1.11 bits per heavy atom. The van der Waals surface area contributed by atoms with E-state index in [-0.39, 0.29) is 5.91 Å². The molecule has 3 aromatic rings. The SMILES string of the molecule is CCCOc1ccc(-c2nn(-c3ccccc3)cc2/C=C2\SC(N3CCCCC3)=NC2=O)cc1Cl. The molecule has 0 atom stereocenters. The van der Waals surface area contributed by atoms with Crippen LogP contribution in [0, 0.1) is 0 Å². The summed E-state index contributed by atoms with van der Waals surface area (Å²) in [4.78, 5) is 20.0. The van der Waals surface area contributed by atoms with Gasteiger partial charge in [-0.15, -0.1) is 0 Å². The number of thioether (sulfide) groups is 1. The molecule has 1 saturated heterocycles. The van der Waals surface area contributed by atoms with E-state index >= 15 is 0 Å². The van der Waals surface area contributed by atoms with Gasteiger partial charge in [-0.05, 0) is 73.9 Å². The number of hydrogen-bond acceptors (Lipinski definition) is 5. The van der Waals surface area contributed by atoms with Crippen molar-refractivity contribution in [1.82, 2.24) is 14.7 Å². The summed E-state index contributed by atoms with van der Waals surface area (Å²) in [6.07, 6.45) is 8.26. The maximum absolute atomic E-state index is 12.8. The van der Waals surface area contributed by atoms with Crippen molar-refractivity contribution in [1.29, 1.82) is 0 Å². The van der Waals surface area contributed by atoms with Gasteiger partial charge >= 0.3 is 0 Å². The van der Waals surface area contributed by atoms with Crippen LogP contribution in [0.4, 0.5) is 0 Å². The summed E-state index contributed by atoms with van der Waals surface area (Å²) in [6.45, 7) is 4.57. The van der Waals surface area contributed by atoms with Crippen LogP contribution in [0.5, 0.6) is 5.75 Å². The van der Waals surface area contributed by atoms with Crippen molar-refractivity contribution >= 4 is 40.5 Å². The van der Waals surface area contributed by atoms with Crippen LogP contribution in [0.1, 0.15) is 38.2 Å². The fourth-order valence-electron chi connectivity index (χ4n) is 4.17. The predicted molar refractivity (Wildman–Crippen MR) is 143 cm³/mol. The molecule has 0 radical (unpaired) electrons. The van der Waals surface area contributed by atoms with E-state index in [4.69, 9.17) is 21.4 Å². The van der Waals surface area contributed by atoms with E-state index in [1.807, 2.05) is 65.5 Å². The number of amides is 1. The van der Waals surface area contributed by atoms with Gasteiger partial charge in [0.25, 0.3) is 5.91 Å². The summed E-state index contributed by atoms with van der Waals surface area (Å²) in [5.74, 6) is 0.455. The fourth-order valence-corrected chi connectivity index (χ4v) is 5.36. The van der Waals surface area contributed by atoms with Crippen LogP contribution >= 0.6 is 23.4 Å². The lowest BCUT2D eigenvalue weighted by molar-refractivity contribution is -0.113. The van der Waals surface area contributed by atoms with Crippen LogP contribution in [-0.2, 0) is 4.79 Å². The number of amidine groups is 1. The molecule has 2 aliphatic rings. The van der Waals surface area contributed by atoms with E-state index in [1.165, 1.54) is 18.2 Å². The van der Waals surface area contributed by atoms with Crippen LogP contribution in [0.2, 0.25) is 5.02 Å². The standard InChI is InChI=1S/C27H27ClN4O2S/c1-2-15-34-23-12-11-19(16-22(23)28)25-20(18-32(30-25)21-9-5-3-6-10-21)17-24-26(33)29-27(35-24)31-13-7-4-8-14-31/h3,5-6,9-12,16-18H,2,4,7-8,13-15H2,1H3/b24-17-. The topological polar surface area (TPSA) is 59.7 Å². The summed E-state index contributed by atoms with van der Waals surface area (Å²) in [7, 11) is 0. The number of hydrogen-bond donors (Lipinski definition) is 0. The molecule has 0 saturated carbocycles. The minimum atomic E-state index is -0.199. The van der Waals surface area contributed by atoms with Crippen molar-refractivity contribution in [3.63, 3.8) is 0 Å². The Balaban J connectivity index is 1.50. The van der Waals surface area contributed by atoms with E-state index < -0.39 is 0 Å². The average Bonchev–Trinajstić information content (AvgIpc) is 3.48. The molecule has 0 spiro atoms. The molecule has 0 N–H and O–H groups in total. The Morgan fingerprint density at radius 3 is 2.66 bits per heavy atom. The average molecular weight is 507 g/mol. The number of halogens is 1. The van der Waals surface area contributed by atoms with Crippen molar-refractivity contribution in [3.8, 4) is 22.7 Å². The Kier molecular flexibility index (Phi) is 7.25. The summed E-state index contributed by atoms with van der Waals surface area (Å²) in [6, 6.07) is 15.6. The van der Waals surface area contributed by atoms with Crippen molar-refractivity contribution in [2.75, 3.05) is 19.7 Å². The van der Waals surface area contributed by atoms with Crippen molar-refractivity contribution in [2.45, 2.75) is 32.6 Å². The smallest absolute Gasteiger partial charge is 0.286 e. The molecule has 1 amide bonds. The highest BCUT2D eigenvalue weighted by molar-refractivity contribution is 8.18.